The summed E-state index contributed by atoms with van der Waals surface area (Å²) in [4.78, 5) is 2.41. The van der Waals surface area contributed by atoms with E-state index in [0.717, 1.165) is 13.0 Å². The molecular weight excluding hydrogens is 230 g/mol. The fraction of sp³-hybridized carbons (Fsp3) is 0.667. The molecule has 0 atom stereocenters. The van der Waals surface area contributed by atoms with E-state index >= 15 is 0 Å². The van der Waals surface area contributed by atoms with Crippen LogP contribution in [0, 0.1) is 13.8 Å². The van der Waals surface area contributed by atoms with Crippen molar-refractivity contribution < 1.29 is 0 Å². The normalized spacial score (nSPS) is 12.5. The molecule has 1 heteroatoms. The number of nitrogens with zero attached hydrogens (tertiary/aromatic N) is 1. The Hall–Kier alpha value is -0.820. The maximum atomic E-state index is 2.41. The molecule has 0 fully saturated rings. The van der Waals surface area contributed by atoms with Crippen LogP contribution in [0.15, 0.2) is 12.1 Å². The molecule has 1 nitrogen and oxygen atoms in total. The predicted molar refractivity (Wildman–Crippen MR) is 86.1 cm³/mol. The second kappa shape index (κ2) is 6.09. The molecule has 0 aliphatic rings. The summed E-state index contributed by atoms with van der Waals surface area (Å²) in [7, 11) is 2.21. The van der Waals surface area contributed by atoms with E-state index < -0.39 is 0 Å². The maximum absolute atomic E-state index is 2.41. The van der Waals surface area contributed by atoms with Gasteiger partial charge in [-0.15, -0.1) is 0 Å². The Kier molecular flexibility index (Phi) is 5.20. The number of hydrogen-bond acceptors (Lipinski definition) is 1. The fourth-order valence-corrected chi connectivity index (χ4v) is 2.37. The van der Waals surface area contributed by atoms with Crippen molar-refractivity contribution in [1.82, 2.24) is 4.90 Å². The van der Waals surface area contributed by atoms with Gasteiger partial charge in [-0.25, -0.2) is 0 Å². The molecule has 1 aromatic carbocycles. The molecule has 0 spiro atoms. The molecule has 0 saturated heterocycles. The Bertz CT molecular complexity index is 401. The highest BCUT2D eigenvalue weighted by Gasteiger charge is 2.16. The van der Waals surface area contributed by atoms with Gasteiger partial charge in [0.05, 0.1) is 0 Å². The molecule has 0 bridgehead atoms. The highest BCUT2D eigenvalue weighted by atomic mass is 15.1. The standard InChI is InChI=1S/C18H31N/c1-13(2)19(8)10-9-17-14(3)11-16(12-15(17)4)18(5,6)7/h11-13H,9-10H2,1-8H3. The second-order valence-corrected chi connectivity index (χ2v) is 7.16. The van der Waals surface area contributed by atoms with Crippen molar-refractivity contribution in [3.8, 4) is 0 Å². The van der Waals surface area contributed by atoms with E-state index in [2.05, 4.69) is 72.5 Å². The van der Waals surface area contributed by atoms with E-state index in [4.69, 9.17) is 0 Å². The average molecular weight is 261 g/mol. The summed E-state index contributed by atoms with van der Waals surface area (Å²) in [6.07, 6.45) is 1.15. The van der Waals surface area contributed by atoms with Crippen LogP contribution in [0.4, 0.5) is 0 Å². The fourth-order valence-electron chi connectivity index (χ4n) is 2.37. The Morgan fingerprint density at radius 1 is 1.05 bits per heavy atom. The Morgan fingerprint density at radius 3 is 1.89 bits per heavy atom. The number of likely N-dealkylation sites (N-methyl/N-ethyl adjacent to an activating group) is 1. The van der Waals surface area contributed by atoms with Crippen LogP contribution >= 0.6 is 0 Å². The van der Waals surface area contributed by atoms with Crippen LogP contribution in [-0.2, 0) is 11.8 Å². The Labute approximate surface area is 120 Å². The SMILES string of the molecule is Cc1cc(C(C)(C)C)cc(C)c1CCN(C)C(C)C. The molecule has 1 rings (SSSR count). The molecule has 0 aliphatic carbocycles. The summed E-state index contributed by atoms with van der Waals surface area (Å²) in [5.74, 6) is 0. The van der Waals surface area contributed by atoms with Crippen LogP contribution in [0.1, 0.15) is 56.9 Å². The highest BCUT2D eigenvalue weighted by Crippen LogP contribution is 2.27. The van der Waals surface area contributed by atoms with Crippen molar-refractivity contribution in [1.29, 1.82) is 0 Å². The lowest BCUT2D eigenvalue weighted by molar-refractivity contribution is 0.277. The molecule has 0 aliphatic heterocycles. The van der Waals surface area contributed by atoms with E-state index in [1.165, 1.54) is 22.3 Å². The molecule has 1 aromatic rings. The maximum Gasteiger partial charge on any atom is 0.00356 e. The molecular formula is C18H31N. The third-order valence-corrected chi connectivity index (χ3v) is 4.16. The Balaban J connectivity index is 2.92. The Morgan fingerprint density at radius 2 is 1.53 bits per heavy atom. The number of rotatable bonds is 4. The molecule has 19 heavy (non-hydrogen) atoms. The molecule has 0 N–H and O–H groups in total. The van der Waals surface area contributed by atoms with Gasteiger partial charge in [-0.3, -0.25) is 0 Å². The van der Waals surface area contributed by atoms with Gasteiger partial charge in [0.25, 0.3) is 0 Å². The van der Waals surface area contributed by atoms with Crippen molar-refractivity contribution in [2.75, 3.05) is 13.6 Å². The topological polar surface area (TPSA) is 3.24 Å². The molecule has 0 radical (unpaired) electrons. The molecule has 0 saturated carbocycles. The van der Waals surface area contributed by atoms with E-state index in [-0.39, 0.29) is 5.41 Å². The van der Waals surface area contributed by atoms with Gasteiger partial charge >= 0.3 is 0 Å². The monoisotopic (exact) mass is 261 g/mol. The number of benzene rings is 1. The van der Waals surface area contributed by atoms with Crippen molar-refractivity contribution in [3.63, 3.8) is 0 Å². The second-order valence-electron chi connectivity index (χ2n) is 7.16. The zero-order valence-corrected chi connectivity index (χ0v) is 14.1. The first-order valence-electron chi connectivity index (χ1n) is 7.43. The molecule has 108 valence electrons. The van der Waals surface area contributed by atoms with Crippen LogP contribution in [0.5, 0.6) is 0 Å². The van der Waals surface area contributed by atoms with Crippen LogP contribution in [0.3, 0.4) is 0 Å². The zero-order valence-electron chi connectivity index (χ0n) is 14.1. The number of hydrogen-bond donors (Lipinski definition) is 0. The lowest BCUT2D eigenvalue weighted by Crippen LogP contribution is -2.28. The third kappa shape index (κ3) is 4.35. The third-order valence-electron chi connectivity index (χ3n) is 4.16. The van der Waals surface area contributed by atoms with Gasteiger partial charge in [0.2, 0.25) is 0 Å². The van der Waals surface area contributed by atoms with Crippen LogP contribution < -0.4 is 0 Å². The summed E-state index contributed by atoms with van der Waals surface area (Å²) in [6.45, 7) is 17.0. The summed E-state index contributed by atoms with van der Waals surface area (Å²) in [6, 6.07) is 5.37. The first-order chi connectivity index (χ1) is 8.62. The first kappa shape index (κ1) is 16.2. The number of aryl methyl sites for hydroxylation is 2. The van der Waals surface area contributed by atoms with E-state index in [0.29, 0.717) is 6.04 Å². The van der Waals surface area contributed by atoms with Gasteiger partial charge in [0.1, 0.15) is 0 Å². The van der Waals surface area contributed by atoms with Crippen molar-refractivity contribution in [2.24, 2.45) is 0 Å². The van der Waals surface area contributed by atoms with Gasteiger partial charge < -0.3 is 4.90 Å². The summed E-state index contributed by atoms with van der Waals surface area (Å²) in [5, 5.41) is 0. The smallest absolute Gasteiger partial charge is 0.00356 e. The van der Waals surface area contributed by atoms with Gasteiger partial charge in [0.15, 0.2) is 0 Å². The minimum absolute atomic E-state index is 0.239. The summed E-state index contributed by atoms with van der Waals surface area (Å²) < 4.78 is 0. The van der Waals surface area contributed by atoms with Crippen molar-refractivity contribution >= 4 is 0 Å². The zero-order chi connectivity index (χ0) is 14.8. The van der Waals surface area contributed by atoms with Crippen LogP contribution in [0.25, 0.3) is 0 Å². The van der Waals surface area contributed by atoms with Gasteiger partial charge in [0, 0.05) is 12.6 Å². The van der Waals surface area contributed by atoms with Gasteiger partial charge in [-0.05, 0) is 68.8 Å². The molecule has 0 heterocycles. The quantitative estimate of drug-likeness (QED) is 0.772. The highest BCUT2D eigenvalue weighted by molar-refractivity contribution is 5.40. The molecule has 0 aromatic heterocycles. The lowest BCUT2D eigenvalue weighted by atomic mass is 9.83. The van der Waals surface area contributed by atoms with Gasteiger partial charge in [-0.2, -0.15) is 0 Å². The first-order valence-corrected chi connectivity index (χ1v) is 7.43. The predicted octanol–water partition coefficient (Wildman–Crippen LogP) is 4.48. The minimum atomic E-state index is 0.239. The minimum Gasteiger partial charge on any atom is -0.304 e. The van der Waals surface area contributed by atoms with Crippen LogP contribution in [-0.4, -0.2) is 24.5 Å². The largest absolute Gasteiger partial charge is 0.304 e. The van der Waals surface area contributed by atoms with E-state index in [1.54, 1.807) is 0 Å². The van der Waals surface area contributed by atoms with E-state index in [9.17, 15) is 0 Å². The summed E-state index contributed by atoms with van der Waals surface area (Å²) in [5.41, 5.74) is 6.11. The molecule has 0 unspecified atom stereocenters. The van der Waals surface area contributed by atoms with Crippen molar-refractivity contribution in [2.45, 2.75) is 66.3 Å². The summed E-state index contributed by atoms with van der Waals surface area (Å²) >= 11 is 0. The van der Waals surface area contributed by atoms with Gasteiger partial charge in [-0.1, -0.05) is 32.9 Å². The average Bonchev–Trinajstić information content (AvgIpc) is 2.25. The lowest BCUT2D eigenvalue weighted by Gasteiger charge is -2.24. The van der Waals surface area contributed by atoms with Crippen molar-refractivity contribution in [3.05, 3.63) is 34.4 Å². The van der Waals surface area contributed by atoms with E-state index in [1.807, 2.05) is 0 Å². The molecule has 0 amide bonds. The van der Waals surface area contributed by atoms with Crippen LogP contribution in [0.2, 0.25) is 0 Å².